The maximum absolute atomic E-state index is 13.1. The van der Waals surface area contributed by atoms with Crippen molar-refractivity contribution in [1.29, 1.82) is 0 Å². The molecule has 1 amide bonds. The van der Waals surface area contributed by atoms with Crippen LogP contribution >= 0.6 is 0 Å². The quantitative estimate of drug-likeness (QED) is 0.715. The molecule has 4 rings (SSSR count). The van der Waals surface area contributed by atoms with E-state index in [1.54, 1.807) is 23.1 Å². The Bertz CT molecular complexity index is 1050. The number of ketones is 1. The number of anilines is 1. The average molecular weight is 359 g/mol. The molecule has 1 aliphatic rings. The van der Waals surface area contributed by atoms with Crippen LogP contribution in [-0.2, 0) is 10.4 Å². The van der Waals surface area contributed by atoms with Crippen molar-refractivity contribution < 1.29 is 14.7 Å². The first-order valence-corrected chi connectivity index (χ1v) is 9.10. The monoisotopic (exact) mass is 359 g/mol. The molecule has 0 aliphatic carbocycles. The molecule has 1 aliphatic heterocycles. The van der Waals surface area contributed by atoms with Gasteiger partial charge in [0.1, 0.15) is 0 Å². The van der Waals surface area contributed by atoms with Gasteiger partial charge in [-0.3, -0.25) is 9.59 Å². The summed E-state index contributed by atoms with van der Waals surface area (Å²) in [6, 6.07) is 20.2. The Morgan fingerprint density at radius 1 is 1.00 bits per heavy atom. The number of aliphatic hydroxyl groups is 1. The third-order valence-electron chi connectivity index (χ3n) is 5.20. The average Bonchev–Trinajstić information content (AvgIpc) is 2.89. The molecule has 0 spiro atoms. The van der Waals surface area contributed by atoms with E-state index in [4.69, 9.17) is 0 Å². The van der Waals surface area contributed by atoms with E-state index in [0.29, 0.717) is 16.8 Å². The molecular weight excluding hydrogens is 338 g/mol. The Hall–Kier alpha value is -2.98. The summed E-state index contributed by atoms with van der Waals surface area (Å²) in [5.41, 5.74) is -0.146. The zero-order chi connectivity index (χ0) is 19.2. The van der Waals surface area contributed by atoms with Crippen molar-refractivity contribution in [1.82, 2.24) is 0 Å². The van der Waals surface area contributed by atoms with E-state index < -0.39 is 11.5 Å². The summed E-state index contributed by atoms with van der Waals surface area (Å²) in [6.45, 7) is 3.79. The van der Waals surface area contributed by atoms with E-state index in [9.17, 15) is 14.7 Å². The van der Waals surface area contributed by atoms with Crippen molar-refractivity contribution in [3.8, 4) is 0 Å². The van der Waals surface area contributed by atoms with Gasteiger partial charge in [0, 0.05) is 17.2 Å². The number of para-hydroxylation sites is 1. The highest BCUT2D eigenvalue weighted by Crippen LogP contribution is 2.44. The molecule has 1 N–H and O–H groups in total. The second-order valence-corrected chi connectivity index (χ2v) is 7.27. The van der Waals surface area contributed by atoms with E-state index in [1.165, 1.54) is 0 Å². The largest absolute Gasteiger partial charge is 0.375 e. The number of fused-ring (bicyclic) bond motifs is 2. The predicted molar refractivity (Wildman–Crippen MR) is 106 cm³/mol. The lowest BCUT2D eigenvalue weighted by Crippen LogP contribution is -2.44. The molecule has 27 heavy (non-hydrogen) atoms. The van der Waals surface area contributed by atoms with Crippen LogP contribution in [0.2, 0.25) is 0 Å². The van der Waals surface area contributed by atoms with Gasteiger partial charge in [0.2, 0.25) is 0 Å². The van der Waals surface area contributed by atoms with Gasteiger partial charge in [0.25, 0.3) is 5.91 Å². The fourth-order valence-corrected chi connectivity index (χ4v) is 3.94. The fraction of sp³-hybridized carbons (Fsp3) is 0.217. The van der Waals surface area contributed by atoms with Crippen LogP contribution < -0.4 is 4.90 Å². The van der Waals surface area contributed by atoms with E-state index in [1.807, 2.05) is 62.4 Å². The van der Waals surface area contributed by atoms with E-state index >= 15 is 0 Å². The summed E-state index contributed by atoms with van der Waals surface area (Å²) in [7, 11) is 0. The third kappa shape index (κ3) is 2.64. The molecule has 3 aromatic carbocycles. The van der Waals surface area contributed by atoms with Gasteiger partial charge in [-0.2, -0.15) is 0 Å². The summed E-state index contributed by atoms with van der Waals surface area (Å²) in [4.78, 5) is 27.8. The molecule has 0 saturated carbocycles. The number of hydrogen-bond donors (Lipinski definition) is 1. The van der Waals surface area contributed by atoms with E-state index in [0.717, 1.165) is 10.8 Å². The summed E-state index contributed by atoms with van der Waals surface area (Å²) >= 11 is 0. The second-order valence-electron chi connectivity index (χ2n) is 7.27. The first kappa shape index (κ1) is 17.4. The second kappa shape index (κ2) is 6.32. The zero-order valence-electron chi connectivity index (χ0n) is 15.3. The smallest absolute Gasteiger partial charge is 0.264 e. The van der Waals surface area contributed by atoms with Crippen molar-refractivity contribution >= 4 is 28.2 Å². The molecule has 4 nitrogen and oxygen atoms in total. The van der Waals surface area contributed by atoms with E-state index in [2.05, 4.69) is 0 Å². The SMILES string of the molecule is CC(C)N1C(=O)[C@](O)(CC(=O)c2cccc3ccccc23)c2ccccc21. The minimum atomic E-state index is -1.84. The normalized spacial score (nSPS) is 19.0. The molecule has 3 aromatic rings. The predicted octanol–water partition coefficient (Wildman–Crippen LogP) is 4.06. The van der Waals surface area contributed by atoms with Crippen LogP contribution in [-0.4, -0.2) is 22.8 Å². The highest BCUT2D eigenvalue weighted by atomic mass is 16.3. The van der Waals surface area contributed by atoms with Crippen molar-refractivity contribution in [3.05, 3.63) is 77.9 Å². The Kier molecular flexibility index (Phi) is 4.08. The van der Waals surface area contributed by atoms with Crippen LogP contribution in [0, 0.1) is 0 Å². The number of Topliss-reactive ketones (excluding diaryl/α,β-unsaturated/α-hetero) is 1. The van der Waals surface area contributed by atoms with Gasteiger partial charge >= 0.3 is 0 Å². The van der Waals surface area contributed by atoms with Gasteiger partial charge in [0.05, 0.1) is 12.1 Å². The molecular formula is C23H21NO3. The lowest BCUT2D eigenvalue weighted by molar-refractivity contribution is -0.136. The van der Waals surface area contributed by atoms with Crippen molar-refractivity contribution in [3.63, 3.8) is 0 Å². The van der Waals surface area contributed by atoms with Crippen molar-refractivity contribution in [2.24, 2.45) is 0 Å². The number of amides is 1. The highest BCUT2D eigenvalue weighted by Gasteiger charge is 2.51. The van der Waals surface area contributed by atoms with Crippen LogP contribution in [0.3, 0.4) is 0 Å². The number of nitrogens with zero attached hydrogens (tertiary/aromatic N) is 1. The number of carbonyl (C=O) groups excluding carboxylic acids is 2. The number of benzene rings is 3. The molecule has 0 fully saturated rings. The molecule has 0 saturated heterocycles. The Morgan fingerprint density at radius 3 is 2.44 bits per heavy atom. The Labute approximate surface area is 158 Å². The van der Waals surface area contributed by atoms with Crippen LogP contribution in [0.4, 0.5) is 5.69 Å². The first-order chi connectivity index (χ1) is 12.9. The highest BCUT2D eigenvalue weighted by molar-refractivity contribution is 6.14. The maximum atomic E-state index is 13.1. The van der Waals surface area contributed by atoms with Crippen molar-refractivity contribution in [2.45, 2.75) is 31.9 Å². The lowest BCUT2D eigenvalue weighted by Gasteiger charge is -2.25. The molecule has 1 atom stereocenters. The van der Waals surface area contributed by atoms with Crippen LogP contribution in [0.15, 0.2) is 66.7 Å². The summed E-state index contributed by atoms with van der Waals surface area (Å²) in [5.74, 6) is -0.685. The van der Waals surface area contributed by atoms with E-state index in [-0.39, 0.29) is 18.2 Å². The maximum Gasteiger partial charge on any atom is 0.264 e. The number of rotatable bonds is 4. The van der Waals surface area contributed by atoms with Crippen LogP contribution in [0.5, 0.6) is 0 Å². The number of hydrogen-bond acceptors (Lipinski definition) is 3. The van der Waals surface area contributed by atoms with Crippen molar-refractivity contribution in [2.75, 3.05) is 4.90 Å². The summed E-state index contributed by atoms with van der Waals surface area (Å²) in [5, 5.41) is 13.1. The van der Waals surface area contributed by atoms with Gasteiger partial charge in [-0.05, 0) is 30.7 Å². The molecule has 4 heteroatoms. The Balaban J connectivity index is 1.77. The summed E-state index contributed by atoms with van der Waals surface area (Å²) < 4.78 is 0. The van der Waals surface area contributed by atoms with Gasteiger partial charge in [-0.25, -0.2) is 0 Å². The minimum Gasteiger partial charge on any atom is -0.375 e. The summed E-state index contributed by atoms with van der Waals surface area (Å²) in [6.07, 6.45) is -0.278. The van der Waals surface area contributed by atoms with Gasteiger partial charge in [-0.1, -0.05) is 60.7 Å². The molecule has 136 valence electrons. The molecule has 0 radical (unpaired) electrons. The minimum absolute atomic E-state index is 0.111. The topological polar surface area (TPSA) is 57.6 Å². The van der Waals surface area contributed by atoms with Gasteiger partial charge < -0.3 is 10.0 Å². The standard InChI is InChI=1S/C23H21NO3/c1-15(2)24-20-13-6-5-12-19(20)23(27,22(24)26)14-21(25)18-11-7-9-16-8-3-4-10-17(16)18/h3-13,15,27H,14H2,1-2H3/t23-/m0/s1. The van der Waals surface area contributed by atoms with Gasteiger partial charge in [-0.15, -0.1) is 0 Å². The molecule has 0 aromatic heterocycles. The van der Waals surface area contributed by atoms with Crippen LogP contribution in [0.25, 0.3) is 10.8 Å². The lowest BCUT2D eigenvalue weighted by atomic mass is 9.87. The van der Waals surface area contributed by atoms with Crippen LogP contribution in [0.1, 0.15) is 36.2 Å². The van der Waals surface area contributed by atoms with Gasteiger partial charge in [0.15, 0.2) is 11.4 Å². The zero-order valence-corrected chi connectivity index (χ0v) is 15.3. The fourth-order valence-electron chi connectivity index (χ4n) is 3.94. The third-order valence-corrected chi connectivity index (χ3v) is 5.20. The molecule has 0 unspecified atom stereocenters. The molecule has 1 heterocycles. The number of carbonyl (C=O) groups is 2. The first-order valence-electron chi connectivity index (χ1n) is 9.10. The molecule has 0 bridgehead atoms. The Morgan fingerprint density at radius 2 is 1.67 bits per heavy atom.